The monoisotopic (exact) mass is 316 g/mol. The van der Waals surface area contributed by atoms with Crippen molar-refractivity contribution in [2.75, 3.05) is 49.6 Å². The van der Waals surface area contributed by atoms with E-state index in [0.29, 0.717) is 37.6 Å². The largest absolute Gasteiger partial charge is 0.378 e. The van der Waals surface area contributed by atoms with E-state index in [-0.39, 0.29) is 6.03 Å². The maximum atomic E-state index is 12.3. The van der Waals surface area contributed by atoms with Crippen molar-refractivity contribution in [1.29, 1.82) is 0 Å². The fourth-order valence-corrected chi connectivity index (χ4v) is 3.03. The Balaban J connectivity index is 1.56. The van der Waals surface area contributed by atoms with E-state index < -0.39 is 0 Å². The number of rotatable bonds is 2. The van der Waals surface area contributed by atoms with E-state index in [1.807, 2.05) is 12.3 Å². The Morgan fingerprint density at radius 2 is 1.96 bits per heavy atom. The lowest BCUT2D eigenvalue weighted by atomic mass is 10.4. The molecule has 0 saturated carbocycles. The molecule has 1 N–H and O–H groups in total. The molecule has 2 aromatic heterocycles. The molecule has 0 aliphatic carbocycles. The minimum atomic E-state index is -0.128. The molecule has 8 nitrogen and oxygen atoms in total. The summed E-state index contributed by atoms with van der Waals surface area (Å²) in [5.74, 6) is 0.942. The molecule has 2 saturated heterocycles. The highest BCUT2D eigenvalue weighted by Crippen LogP contribution is 2.22. The number of nitrogens with zero attached hydrogens (tertiary/aromatic N) is 5. The molecule has 0 atom stereocenters. The van der Waals surface area contributed by atoms with Crippen LogP contribution in [0, 0.1) is 0 Å². The van der Waals surface area contributed by atoms with Crippen LogP contribution >= 0.6 is 0 Å². The number of hydrogen-bond acceptors (Lipinski definition) is 5. The van der Waals surface area contributed by atoms with E-state index in [9.17, 15) is 4.79 Å². The normalized spacial score (nSPS) is 18.6. The molecule has 2 amide bonds. The highest BCUT2D eigenvalue weighted by Gasteiger charge is 2.19. The van der Waals surface area contributed by atoms with E-state index >= 15 is 0 Å². The van der Waals surface area contributed by atoms with Gasteiger partial charge in [0, 0.05) is 32.4 Å². The summed E-state index contributed by atoms with van der Waals surface area (Å²) in [4.78, 5) is 21.0. The van der Waals surface area contributed by atoms with Gasteiger partial charge in [-0.2, -0.15) is 5.10 Å². The van der Waals surface area contributed by atoms with Crippen molar-refractivity contribution in [3.05, 3.63) is 18.5 Å². The number of ether oxygens (including phenoxy) is 1. The number of hydrogen-bond donors (Lipinski definition) is 1. The number of aromatic nitrogens is 3. The van der Waals surface area contributed by atoms with Gasteiger partial charge in [0.25, 0.3) is 0 Å². The molecule has 0 radical (unpaired) electrons. The van der Waals surface area contributed by atoms with E-state index in [1.54, 1.807) is 15.6 Å². The van der Waals surface area contributed by atoms with Crippen LogP contribution in [0.15, 0.2) is 18.5 Å². The van der Waals surface area contributed by atoms with Crippen LogP contribution in [0.4, 0.5) is 16.3 Å². The molecular formula is C15H20N6O2. The predicted octanol–water partition coefficient (Wildman–Crippen LogP) is 1.19. The van der Waals surface area contributed by atoms with Gasteiger partial charge in [-0.3, -0.25) is 0 Å². The summed E-state index contributed by atoms with van der Waals surface area (Å²) in [5, 5.41) is 7.18. The fourth-order valence-electron chi connectivity index (χ4n) is 3.03. The smallest absolute Gasteiger partial charge is 0.322 e. The van der Waals surface area contributed by atoms with Gasteiger partial charge in [-0.15, -0.1) is 0 Å². The number of fused-ring (bicyclic) bond motifs is 1. The van der Waals surface area contributed by atoms with Crippen molar-refractivity contribution in [2.45, 2.75) is 12.8 Å². The Kier molecular flexibility index (Phi) is 3.74. The van der Waals surface area contributed by atoms with Gasteiger partial charge in [-0.1, -0.05) is 0 Å². The molecule has 2 aromatic rings. The Morgan fingerprint density at radius 3 is 2.74 bits per heavy atom. The van der Waals surface area contributed by atoms with E-state index in [4.69, 9.17) is 4.74 Å². The third-order valence-corrected chi connectivity index (χ3v) is 4.32. The Bertz CT molecular complexity index is 703. The molecule has 2 fully saturated rings. The number of nitrogens with one attached hydrogen (secondary N) is 1. The first-order valence-electron chi connectivity index (χ1n) is 8.04. The Labute approximate surface area is 134 Å². The number of urea groups is 1. The van der Waals surface area contributed by atoms with Crippen molar-refractivity contribution in [2.24, 2.45) is 0 Å². The van der Waals surface area contributed by atoms with Crippen molar-refractivity contribution in [1.82, 2.24) is 19.5 Å². The highest BCUT2D eigenvalue weighted by atomic mass is 16.5. The molecule has 2 aliphatic heterocycles. The van der Waals surface area contributed by atoms with Crippen LogP contribution in [0.1, 0.15) is 12.8 Å². The molecule has 0 bridgehead atoms. The van der Waals surface area contributed by atoms with Gasteiger partial charge in [0.05, 0.1) is 19.4 Å². The topological polar surface area (TPSA) is 75.0 Å². The minimum Gasteiger partial charge on any atom is -0.378 e. The summed E-state index contributed by atoms with van der Waals surface area (Å²) >= 11 is 0. The molecule has 4 heterocycles. The van der Waals surface area contributed by atoms with Gasteiger partial charge in [0.1, 0.15) is 11.5 Å². The number of morpholine rings is 1. The molecule has 122 valence electrons. The van der Waals surface area contributed by atoms with Crippen LogP contribution in [0.2, 0.25) is 0 Å². The summed E-state index contributed by atoms with van der Waals surface area (Å²) in [6.07, 6.45) is 5.94. The number of amides is 2. The average molecular weight is 316 g/mol. The standard InChI is InChI=1S/C15H20N6O2/c22-15(20-7-9-23-10-8-20)17-12-11-16-21-6-3-13(18-14(12)21)19-4-1-2-5-19/h3,6,11H,1-2,4-5,7-10H2,(H,17,22). The first kappa shape index (κ1) is 14.3. The van der Waals surface area contributed by atoms with Crippen molar-refractivity contribution in [3.8, 4) is 0 Å². The molecular weight excluding hydrogens is 296 g/mol. The fraction of sp³-hybridized carbons (Fsp3) is 0.533. The second kappa shape index (κ2) is 6.04. The van der Waals surface area contributed by atoms with E-state index in [2.05, 4.69) is 20.3 Å². The summed E-state index contributed by atoms with van der Waals surface area (Å²) in [5.41, 5.74) is 1.32. The zero-order valence-electron chi connectivity index (χ0n) is 12.9. The van der Waals surface area contributed by atoms with E-state index in [1.165, 1.54) is 12.8 Å². The zero-order chi connectivity index (χ0) is 15.6. The molecule has 4 rings (SSSR count). The molecule has 0 spiro atoms. The van der Waals surface area contributed by atoms with Crippen LogP contribution in [-0.2, 0) is 4.74 Å². The lowest BCUT2D eigenvalue weighted by Crippen LogP contribution is -2.43. The molecule has 0 unspecified atom stereocenters. The van der Waals surface area contributed by atoms with Crippen LogP contribution in [0.25, 0.3) is 5.65 Å². The maximum absolute atomic E-state index is 12.3. The number of carbonyl (C=O) groups is 1. The predicted molar refractivity (Wildman–Crippen MR) is 85.8 cm³/mol. The lowest BCUT2D eigenvalue weighted by Gasteiger charge is -2.26. The average Bonchev–Trinajstić information content (AvgIpc) is 3.25. The zero-order valence-corrected chi connectivity index (χ0v) is 12.9. The minimum absolute atomic E-state index is 0.128. The lowest BCUT2D eigenvalue weighted by molar-refractivity contribution is 0.0565. The highest BCUT2D eigenvalue weighted by molar-refractivity contribution is 5.93. The quantitative estimate of drug-likeness (QED) is 0.901. The van der Waals surface area contributed by atoms with Crippen molar-refractivity contribution >= 4 is 23.2 Å². The first-order valence-corrected chi connectivity index (χ1v) is 8.04. The molecule has 23 heavy (non-hydrogen) atoms. The number of carbonyl (C=O) groups excluding carboxylic acids is 1. The van der Waals surface area contributed by atoms with Gasteiger partial charge in [-0.05, 0) is 18.9 Å². The maximum Gasteiger partial charge on any atom is 0.322 e. The second-order valence-electron chi connectivity index (χ2n) is 5.84. The number of anilines is 2. The van der Waals surface area contributed by atoms with Crippen LogP contribution < -0.4 is 10.2 Å². The first-order chi connectivity index (χ1) is 11.3. The summed E-state index contributed by atoms with van der Waals surface area (Å²) in [6, 6.07) is 1.84. The van der Waals surface area contributed by atoms with E-state index in [0.717, 1.165) is 18.9 Å². The Hall–Kier alpha value is -2.35. The Morgan fingerprint density at radius 1 is 1.17 bits per heavy atom. The molecule has 8 heteroatoms. The summed E-state index contributed by atoms with van der Waals surface area (Å²) < 4.78 is 6.96. The van der Waals surface area contributed by atoms with Crippen LogP contribution in [0.5, 0.6) is 0 Å². The van der Waals surface area contributed by atoms with Gasteiger partial charge in [-0.25, -0.2) is 14.3 Å². The van der Waals surface area contributed by atoms with Gasteiger partial charge < -0.3 is 19.9 Å². The third-order valence-electron chi connectivity index (χ3n) is 4.32. The third kappa shape index (κ3) is 2.81. The van der Waals surface area contributed by atoms with Gasteiger partial charge in [0.2, 0.25) is 0 Å². The van der Waals surface area contributed by atoms with Crippen molar-refractivity contribution in [3.63, 3.8) is 0 Å². The van der Waals surface area contributed by atoms with Gasteiger partial charge in [0.15, 0.2) is 5.65 Å². The van der Waals surface area contributed by atoms with Crippen molar-refractivity contribution < 1.29 is 9.53 Å². The molecule has 2 aliphatic rings. The molecule has 0 aromatic carbocycles. The van der Waals surface area contributed by atoms with Crippen LogP contribution in [0.3, 0.4) is 0 Å². The second-order valence-corrected chi connectivity index (χ2v) is 5.84. The van der Waals surface area contributed by atoms with Gasteiger partial charge >= 0.3 is 6.03 Å². The summed E-state index contributed by atoms with van der Waals surface area (Å²) in [7, 11) is 0. The SMILES string of the molecule is O=C(Nc1cnn2ccc(N3CCCC3)nc12)N1CCOCC1. The summed E-state index contributed by atoms with van der Waals surface area (Å²) in [6.45, 7) is 4.45. The van der Waals surface area contributed by atoms with Crippen LogP contribution in [-0.4, -0.2) is 64.9 Å².